The Morgan fingerprint density at radius 2 is 1.83 bits per heavy atom. The zero-order valence-electron chi connectivity index (χ0n) is 17.6. The summed E-state index contributed by atoms with van der Waals surface area (Å²) in [5.74, 6) is 1.58. The molecule has 3 rings (SSSR count). The van der Waals surface area contributed by atoms with Crippen molar-refractivity contribution in [3.8, 4) is 0 Å². The lowest BCUT2D eigenvalue weighted by Crippen LogP contribution is -2.40. The van der Waals surface area contributed by atoms with Crippen molar-refractivity contribution in [3.63, 3.8) is 0 Å². The van der Waals surface area contributed by atoms with Gasteiger partial charge in [0.05, 0.1) is 6.54 Å². The Labute approximate surface area is 174 Å². The molecule has 1 aliphatic rings. The number of benzene rings is 2. The molecule has 0 aliphatic carbocycles. The summed E-state index contributed by atoms with van der Waals surface area (Å²) >= 11 is 0. The zero-order valence-corrected chi connectivity index (χ0v) is 17.6. The van der Waals surface area contributed by atoms with Crippen molar-refractivity contribution in [3.05, 3.63) is 71.8 Å². The van der Waals surface area contributed by atoms with E-state index in [4.69, 9.17) is 4.99 Å². The molecule has 2 aromatic carbocycles. The second kappa shape index (κ2) is 10.6. The molecule has 154 valence electrons. The lowest BCUT2D eigenvalue weighted by molar-refractivity contribution is -0.130. The van der Waals surface area contributed by atoms with E-state index in [0.717, 1.165) is 37.6 Å². The summed E-state index contributed by atoms with van der Waals surface area (Å²) in [5, 5.41) is 3.39. The lowest BCUT2D eigenvalue weighted by Gasteiger charge is -2.22. The van der Waals surface area contributed by atoms with Gasteiger partial charge in [0.25, 0.3) is 0 Å². The van der Waals surface area contributed by atoms with E-state index in [-0.39, 0.29) is 5.91 Å². The van der Waals surface area contributed by atoms with Crippen molar-refractivity contribution < 1.29 is 4.79 Å². The fraction of sp³-hybridized carbons (Fsp3) is 0.417. The van der Waals surface area contributed by atoms with Crippen LogP contribution in [0.25, 0.3) is 0 Å². The molecule has 5 nitrogen and oxygen atoms in total. The van der Waals surface area contributed by atoms with Gasteiger partial charge >= 0.3 is 0 Å². The highest BCUT2D eigenvalue weighted by atomic mass is 16.2. The number of hydrogen-bond donors (Lipinski definition) is 1. The molecule has 2 aromatic rings. The maximum Gasteiger partial charge on any atom is 0.224 e. The van der Waals surface area contributed by atoms with Gasteiger partial charge in [0, 0.05) is 45.6 Å². The van der Waals surface area contributed by atoms with E-state index in [2.05, 4.69) is 47.5 Å². The summed E-state index contributed by atoms with van der Waals surface area (Å²) < 4.78 is 0. The third kappa shape index (κ3) is 6.08. The number of hydrogen-bond acceptors (Lipinski definition) is 2. The van der Waals surface area contributed by atoms with Crippen molar-refractivity contribution in [2.45, 2.75) is 32.2 Å². The highest BCUT2D eigenvalue weighted by Gasteiger charge is 2.25. The van der Waals surface area contributed by atoms with Gasteiger partial charge in [-0.2, -0.15) is 0 Å². The van der Waals surface area contributed by atoms with Crippen LogP contribution in [0.3, 0.4) is 0 Å². The first-order valence-corrected chi connectivity index (χ1v) is 10.5. The van der Waals surface area contributed by atoms with Crippen LogP contribution in [0, 0.1) is 0 Å². The minimum atomic E-state index is 0.122. The second-order valence-corrected chi connectivity index (χ2v) is 7.56. The monoisotopic (exact) mass is 392 g/mol. The fourth-order valence-electron chi connectivity index (χ4n) is 3.77. The molecule has 29 heavy (non-hydrogen) atoms. The Morgan fingerprint density at radius 3 is 2.52 bits per heavy atom. The van der Waals surface area contributed by atoms with Crippen LogP contribution in [0.4, 0.5) is 0 Å². The van der Waals surface area contributed by atoms with Crippen LogP contribution < -0.4 is 5.32 Å². The van der Waals surface area contributed by atoms with Crippen LogP contribution in [0.2, 0.25) is 0 Å². The van der Waals surface area contributed by atoms with Gasteiger partial charge < -0.3 is 15.1 Å². The van der Waals surface area contributed by atoms with Gasteiger partial charge in [0.15, 0.2) is 5.96 Å². The number of aliphatic imine (C=N–C) groups is 1. The topological polar surface area (TPSA) is 47.9 Å². The SMILES string of the molecule is CCNC(=NCCC(=O)N(C)Cc1ccccc1)N1CCC(c2ccccc2)C1. The van der Waals surface area contributed by atoms with Gasteiger partial charge in [-0.05, 0) is 24.5 Å². The van der Waals surface area contributed by atoms with Gasteiger partial charge in [0.2, 0.25) is 5.91 Å². The Bertz CT molecular complexity index is 791. The lowest BCUT2D eigenvalue weighted by atomic mass is 9.99. The average molecular weight is 393 g/mol. The van der Waals surface area contributed by atoms with E-state index in [9.17, 15) is 4.79 Å². The minimum absolute atomic E-state index is 0.122. The molecule has 0 spiro atoms. The molecular weight excluding hydrogens is 360 g/mol. The summed E-state index contributed by atoms with van der Waals surface area (Å²) in [4.78, 5) is 21.3. The van der Waals surface area contributed by atoms with Gasteiger partial charge in [0.1, 0.15) is 0 Å². The number of carbonyl (C=O) groups excluding carboxylic acids is 1. The highest BCUT2D eigenvalue weighted by Crippen LogP contribution is 2.26. The molecular formula is C24H32N4O. The van der Waals surface area contributed by atoms with Crippen LogP contribution in [-0.2, 0) is 11.3 Å². The molecule has 1 atom stereocenters. The Balaban J connectivity index is 1.52. The zero-order chi connectivity index (χ0) is 20.5. The molecule has 1 amide bonds. The predicted octanol–water partition coefficient (Wildman–Crippen LogP) is 3.49. The molecule has 1 heterocycles. The number of nitrogens with zero attached hydrogens (tertiary/aromatic N) is 3. The van der Waals surface area contributed by atoms with E-state index in [0.29, 0.717) is 25.4 Å². The number of amides is 1. The van der Waals surface area contributed by atoms with Crippen LogP contribution in [0.1, 0.15) is 36.8 Å². The third-order valence-electron chi connectivity index (χ3n) is 5.37. The highest BCUT2D eigenvalue weighted by molar-refractivity contribution is 5.81. The van der Waals surface area contributed by atoms with Gasteiger partial charge in [-0.3, -0.25) is 9.79 Å². The fourth-order valence-corrected chi connectivity index (χ4v) is 3.77. The van der Waals surface area contributed by atoms with E-state index >= 15 is 0 Å². The molecule has 5 heteroatoms. The Kier molecular flexibility index (Phi) is 7.68. The predicted molar refractivity (Wildman–Crippen MR) is 119 cm³/mol. The number of guanidine groups is 1. The summed E-state index contributed by atoms with van der Waals surface area (Å²) in [6, 6.07) is 20.8. The summed E-state index contributed by atoms with van der Waals surface area (Å²) in [6.45, 7) is 6.01. The quantitative estimate of drug-likeness (QED) is 0.580. The third-order valence-corrected chi connectivity index (χ3v) is 5.37. The molecule has 1 aliphatic heterocycles. The molecule has 0 bridgehead atoms. The largest absolute Gasteiger partial charge is 0.357 e. The van der Waals surface area contributed by atoms with Gasteiger partial charge in [-0.1, -0.05) is 60.7 Å². The van der Waals surface area contributed by atoms with Gasteiger partial charge in [-0.25, -0.2) is 0 Å². The summed E-state index contributed by atoms with van der Waals surface area (Å²) in [6.07, 6.45) is 1.56. The average Bonchev–Trinajstić information content (AvgIpc) is 3.24. The van der Waals surface area contributed by atoms with Gasteiger partial charge in [-0.15, -0.1) is 0 Å². The van der Waals surface area contributed by atoms with Crippen molar-refractivity contribution in [2.24, 2.45) is 4.99 Å². The maximum absolute atomic E-state index is 12.5. The minimum Gasteiger partial charge on any atom is -0.357 e. The Morgan fingerprint density at radius 1 is 1.14 bits per heavy atom. The number of carbonyl (C=O) groups is 1. The smallest absolute Gasteiger partial charge is 0.224 e. The van der Waals surface area contributed by atoms with E-state index in [1.54, 1.807) is 4.90 Å². The molecule has 1 fully saturated rings. The van der Waals surface area contributed by atoms with Crippen LogP contribution in [0.5, 0.6) is 0 Å². The number of likely N-dealkylation sites (tertiary alicyclic amines) is 1. The van der Waals surface area contributed by atoms with Crippen molar-refractivity contribution >= 4 is 11.9 Å². The molecule has 1 saturated heterocycles. The summed E-state index contributed by atoms with van der Waals surface area (Å²) in [7, 11) is 1.86. The second-order valence-electron chi connectivity index (χ2n) is 7.56. The Hall–Kier alpha value is -2.82. The van der Waals surface area contributed by atoms with Crippen molar-refractivity contribution in [1.29, 1.82) is 0 Å². The number of rotatable bonds is 7. The first-order valence-electron chi connectivity index (χ1n) is 10.5. The number of nitrogens with one attached hydrogen (secondary N) is 1. The van der Waals surface area contributed by atoms with E-state index in [1.165, 1.54) is 5.56 Å². The molecule has 0 radical (unpaired) electrons. The van der Waals surface area contributed by atoms with E-state index < -0.39 is 0 Å². The molecule has 1 N–H and O–H groups in total. The normalized spacial score (nSPS) is 16.7. The van der Waals surface area contributed by atoms with Crippen LogP contribution >= 0.6 is 0 Å². The van der Waals surface area contributed by atoms with Crippen molar-refractivity contribution in [2.75, 3.05) is 33.2 Å². The first kappa shape index (κ1) is 20.9. The van der Waals surface area contributed by atoms with Crippen LogP contribution in [-0.4, -0.2) is 54.9 Å². The summed E-state index contributed by atoms with van der Waals surface area (Å²) in [5.41, 5.74) is 2.53. The molecule has 1 unspecified atom stereocenters. The van der Waals surface area contributed by atoms with Crippen molar-refractivity contribution in [1.82, 2.24) is 15.1 Å². The molecule has 0 aromatic heterocycles. The standard InChI is InChI=1S/C24H32N4O/c1-3-25-24(28-17-15-22(19-28)21-12-8-5-9-13-21)26-16-14-23(29)27(2)18-20-10-6-4-7-11-20/h4-13,22H,3,14-19H2,1-2H3,(H,25,26). The molecule has 0 saturated carbocycles. The van der Waals surface area contributed by atoms with E-state index in [1.807, 2.05) is 37.4 Å². The first-order chi connectivity index (χ1) is 14.2. The maximum atomic E-state index is 12.5. The van der Waals surface area contributed by atoms with Crippen LogP contribution in [0.15, 0.2) is 65.7 Å².